The van der Waals surface area contributed by atoms with Gasteiger partial charge in [-0.2, -0.15) is 0 Å². The van der Waals surface area contributed by atoms with Crippen LogP contribution in [0.1, 0.15) is 20.3 Å². The highest BCUT2D eigenvalue weighted by molar-refractivity contribution is 5.77. The van der Waals surface area contributed by atoms with Crippen molar-refractivity contribution >= 4 is 11.9 Å². The van der Waals surface area contributed by atoms with Gasteiger partial charge in [0.2, 0.25) is 0 Å². The minimum absolute atomic E-state index is 0.0858. The molecule has 5 heteroatoms. The summed E-state index contributed by atoms with van der Waals surface area (Å²) >= 11 is 0. The first kappa shape index (κ1) is 12.7. The van der Waals surface area contributed by atoms with E-state index in [1.165, 1.54) is 7.11 Å². The van der Waals surface area contributed by atoms with E-state index in [0.29, 0.717) is 25.4 Å². The molecule has 0 bridgehead atoms. The second kappa shape index (κ2) is 6.23. The van der Waals surface area contributed by atoms with E-state index in [-0.39, 0.29) is 11.9 Å². The molecule has 3 N–H and O–H groups in total. The van der Waals surface area contributed by atoms with Gasteiger partial charge in [-0.1, -0.05) is 13.8 Å². The highest BCUT2D eigenvalue weighted by atomic mass is 16.5. The van der Waals surface area contributed by atoms with Crippen molar-refractivity contribution in [2.24, 2.45) is 11.7 Å². The van der Waals surface area contributed by atoms with Crippen LogP contribution >= 0.6 is 0 Å². The maximum Gasteiger partial charge on any atom is 0.409 e. The van der Waals surface area contributed by atoms with Crippen LogP contribution in [-0.4, -0.2) is 37.0 Å². The number of nitrogens with zero attached hydrogens (tertiary/aromatic N) is 1. The Hall–Kier alpha value is -1.26. The molecule has 1 amide bonds. The van der Waals surface area contributed by atoms with Gasteiger partial charge in [0.25, 0.3) is 0 Å². The lowest BCUT2D eigenvalue weighted by atomic mass is 10.2. The van der Waals surface area contributed by atoms with Crippen LogP contribution in [0, 0.1) is 11.3 Å². The number of carbonyl (C=O) groups is 1. The SMILES string of the molecule is COC(=O)N(CCC(=N)N)CC(C)C. The Kier molecular flexibility index (Phi) is 5.67. The van der Waals surface area contributed by atoms with Crippen molar-refractivity contribution in [2.75, 3.05) is 20.2 Å². The van der Waals surface area contributed by atoms with Crippen molar-refractivity contribution in [3.8, 4) is 0 Å². The third-order valence-electron chi connectivity index (χ3n) is 1.67. The molecule has 0 saturated heterocycles. The Balaban J connectivity index is 4.10. The van der Waals surface area contributed by atoms with E-state index in [4.69, 9.17) is 11.1 Å². The number of carbonyl (C=O) groups excluding carboxylic acids is 1. The van der Waals surface area contributed by atoms with E-state index in [1.807, 2.05) is 13.8 Å². The molecule has 0 aliphatic heterocycles. The van der Waals surface area contributed by atoms with E-state index >= 15 is 0 Å². The van der Waals surface area contributed by atoms with Crippen molar-refractivity contribution in [3.05, 3.63) is 0 Å². The second-order valence-corrected chi connectivity index (χ2v) is 3.59. The molecule has 0 fully saturated rings. The number of rotatable bonds is 5. The van der Waals surface area contributed by atoms with Gasteiger partial charge in [-0.3, -0.25) is 5.41 Å². The number of hydrogen-bond donors (Lipinski definition) is 2. The lowest BCUT2D eigenvalue weighted by Crippen LogP contribution is -2.36. The number of nitrogens with one attached hydrogen (secondary N) is 1. The Morgan fingerprint density at radius 2 is 2.14 bits per heavy atom. The Morgan fingerprint density at radius 3 is 2.50 bits per heavy atom. The lowest BCUT2D eigenvalue weighted by molar-refractivity contribution is 0.119. The Bertz CT molecular complexity index is 204. The molecule has 14 heavy (non-hydrogen) atoms. The van der Waals surface area contributed by atoms with Gasteiger partial charge in [0.15, 0.2) is 0 Å². The zero-order valence-electron chi connectivity index (χ0n) is 9.04. The van der Waals surface area contributed by atoms with Crippen LogP contribution in [-0.2, 0) is 4.74 Å². The van der Waals surface area contributed by atoms with Crippen LogP contribution in [0.25, 0.3) is 0 Å². The maximum absolute atomic E-state index is 11.3. The zero-order valence-corrected chi connectivity index (χ0v) is 9.04. The quantitative estimate of drug-likeness (QED) is 0.515. The summed E-state index contributed by atoms with van der Waals surface area (Å²) in [6, 6.07) is 0. The van der Waals surface area contributed by atoms with Gasteiger partial charge in [-0.25, -0.2) is 4.79 Å². The van der Waals surface area contributed by atoms with Crippen LogP contribution < -0.4 is 5.73 Å². The van der Waals surface area contributed by atoms with E-state index in [9.17, 15) is 4.79 Å². The van der Waals surface area contributed by atoms with Crippen molar-refractivity contribution in [1.82, 2.24) is 4.90 Å². The molecule has 0 saturated carbocycles. The molecule has 0 aliphatic carbocycles. The van der Waals surface area contributed by atoms with Gasteiger partial charge in [0, 0.05) is 19.5 Å². The molecular weight excluding hydrogens is 182 g/mol. The third kappa shape index (κ3) is 5.40. The molecule has 0 rings (SSSR count). The van der Waals surface area contributed by atoms with Gasteiger partial charge in [-0.15, -0.1) is 0 Å². The fraction of sp³-hybridized carbons (Fsp3) is 0.778. The number of hydrogen-bond acceptors (Lipinski definition) is 3. The minimum Gasteiger partial charge on any atom is -0.453 e. The normalized spacial score (nSPS) is 10.0. The molecule has 0 atom stereocenters. The minimum atomic E-state index is -0.361. The molecule has 5 nitrogen and oxygen atoms in total. The van der Waals surface area contributed by atoms with Crippen LogP contribution in [0.5, 0.6) is 0 Å². The summed E-state index contributed by atoms with van der Waals surface area (Å²) in [6.45, 7) is 5.10. The number of ether oxygens (including phenoxy) is 1. The lowest BCUT2D eigenvalue weighted by Gasteiger charge is -2.22. The summed E-state index contributed by atoms with van der Waals surface area (Å²) in [6.07, 6.45) is 0.0295. The average molecular weight is 201 g/mol. The highest BCUT2D eigenvalue weighted by Gasteiger charge is 2.14. The van der Waals surface area contributed by atoms with Gasteiger partial charge in [0.05, 0.1) is 12.9 Å². The summed E-state index contributed by atoms with van der Waals surface area (Å²) < 4.78 is 4.62. The van der Waals surface area contributed by atoms with Crippen molar-refractivity contribution in [2.45, 2.75) is 20.3 Å². The number of nitrogens with two attached hydrogens (primary N) is 1. The van der Waals surface area contributed by atoms with E-state index in [1.54, 1.807) is 4.90 Å². The number of methoxy groups -OCH3 is 1. The van der Waals surface area contributed by atoms with Crippen LogP contribution in [0.3, 0.4) is 0 Å². The molecule has 0 aromatic rings. The molecule has 82 valence electrons. The Labute approximate surface area is 84.7 Å². The monoisotopic (exact) mass is 201 g/mol. The van der Waals surface area contributed by atoms with Crippen molar-refractivity contribution in [3.63, 3.8) is 0 Å². The fourth-order valence-corrected chi connectivity index (χ4v) is 1.08. The van der Waals surface area contributed by atoms with Crippen molar-refractivity contribution < 1.29 is 9.53 Å². The van der Waals surface area contributed by atoms with Gasteiger partial charge >= 0.3 is 6.09 Å². The van der Waals surface area contributed by atoms with Gasteiger partial charge < -0.3 is 15.4 Å². The first-order chi connectivity index (χ1) is 6.47. The number of amides is 1. The zero-order chi connectivity index (χ0) is 11.1. The molecule has 0 heterocycles. The first-order valence-corrected chi connectivity index (χ1v) is 4.63. The van der Waals surface area contributed by atoms with Crippen molar-refractivity contribution in [1.29, 1.82) is 5.41 Å². The standard InChI is InChI=1S/C9H19N3O2/c1-7(2)6-12(9(13)14-3)5-4-8(10)11/h7H,4-6H2,1-3H3,(H3,10,11). The molecule has 0 aromatic carbocycles. The van der Waals surface area contributed by atoms with E-state index in [2.05, 4.69) is 4.74 Å². The topological polar surface area (TPSA) is 79.4 Å². The molecular formula is C9H19N3O2. The molecule has 0 unspecified atom stereocenters. The second-order valence-electron chi connectivity index (χ2n) is 3.59. The molecule has 0 spiro atoms. The predicted octanol–water partition coefficient (Wildman–Crippen LogP) is 1.04. The largest absolute Gasteiger partial charge is 0.453 e. The van der Waals surface area contributed by atoms with Gasteiger partial charge in [-0.05, 0) is 5.92 Å². The molecule has 0 radical (unpaired) electrons. The van der Waals surface area contributed by atoms with E-state index < -0.39 is 0 Å². The van der Waals surface area contributed by atoms with Crippen LogP contribution in [0.2, 0.25) is 0 Å². The summed E-state index contributed by atoms with van der Waals surface area (Å²) in [4.78, 5) is 12.8. The smallest absolute Gasteiger partial charge is 0.409 e. The molecule has 0 aromatic heterocycles. The fourth-order valence-electron chi connectivity index (χ4n) is 1.08. The highest BCUT2D eigenvalue weighted by Crippen LogP contribution is 2.01. The summed E-state index contributed by atoms with van der Waals surface area (Å²) in [5.74, 6) is 0.462. The van der Waals surface area contributed by atoms with E-state index in [0.717, 1.165) is 0 Å². The summed E-state index contributed by atoms with van der Waals surface area (Å²) in [5.41, 5.74) is 5.22. The summed E-state index contributed by atoms with van der Waals surface area (Å²) in [7, 11) is 1.35. The Morgan fingerprint density at radius 1 is 1.57 bits per heavy atom. The van der Waals surface area contributed by atoms with Gasteiger partial charge in [0.1, 0.15) is 0 Å². The maximum atomic E-state index is 11.3. The first-order valence-electron chi connectivity index (χ1n) is 4.63. The molecule has 0 aliphatic rings. The number of amidine groups is 1. The predicted molar refractivity (Wildman–Crippen MR) is 55.3 cm³/mol. The van der Waals surface area contributed by atoms with Crippen LogP contribution in [0.4, 0.5) is 4.79 Å². The van der Waals surface area contributed by atoms with Crippen LogP contribution in [0.15, 0.2) is 0 Å². The third-order valence-corrected chi connectivity index (χ3v) is 1.67. The summed E-state index contributed by atoms with van der Waals surface area (Å²) in [5, 5.41) is 7.07. The average Bonchev–Trinajstić information content (AvgIpc) is 2.10.